The molecule has 21 heavy (non-hydrogen) atoms. The van der Waals surface area contributed by atoms with E-state index < -0.39 is 16.6 Å². The van der Waals surface area contributed by atoms with E-state index in [1.165, 1.54) is 25.3 Å². The summed E-state index contributed by atoms with van der Waals surface area (Å²) >= 11 is 5.87. The number of carbonyl (C=O) groups is 1. The van der Waals surface area contributed by atoms with Gasteiger partial charge < -0.3 is 9.84 Å². The third-order valence-electron chi connectivity index (χ3n) is 2.90. The van der Waals surface area contributed by atoms with Crippen molar-refractivity contribution in [2.45, 2.75) is 0 Å². The smallest absolute Gasteiger partial charge is 0.342 e. The Morgan fingerprint density at radius 1 is 1.29 bits per heavy atom. The van der Waals surface area contributed by atoms with Gasteiger partial charge in [0.15, 0.2) is 0 Å². The largest absolute Gasteiger partial charge is 0.496 e. The number of hydrogen-bond donors (Lipinski definition) is 1. The maximum Gasteiger partial charge on any atom is 0.342 e. The number of halogens is 1. The van der Waals surface area contributed by atoms with Crippen molar-refractivity contribution < 1.29 is 19.6 Å². The van der Waals surface area contributed by atoms with Gasteiger partial charge >= 0.3 is 5.97 Å². The second kappa shape index (κ2) is 5.80. The van der Waals surface area contributed by atoms with Gasteiger partial charge in [-0.2, -0.15) is 0 Å². The van der Waals surface area contributed by atoms with Gasteiger partial charge in [-0.15, -0.1) is 0 Å². The standard InChI is InChI=1S/C14H10ClNO5/c1-21-13-7-9(15)3-5-10(13)8-2-4-11(14(17)18)12(6-8)16(19)20/h2-7H,1H3,(H,17,18). The van der Waals surface area contributed by atoms with E-state index in [9.17, 15) is 14.9 Å². The first kappa shape index (κ1) is 14.8. The van der Waals surface area contributed by atoms with Crippen LogP contribution in [0.25, 0.3) is 11.1 Å². The summed E-state index contributed by atoms with van der Waals surface area (Å²) in [5, 5.41) is 20.4. The van der Waals surface area contributed by atoms with E-state index in [0.29, 0.717) is 21.9 Å². The number of benzene rings is 2. The molecule has 108 valence electrons. The molecule has 0 fully saturated rings. The van der Waals surface area contributed by atoms with Crippen LogP contribution in [-0.4, -0.2) is 23.1 Å². The lowest BCUT2D eigenvalue weighted by Crippen LogP contribution is -2.02. The first-order valence-electron chi connectivity index (χ1n) is 5.79. The number of nitrogens with zero attached hydrogens (tertiary/aromatic N) is 1. The predicted octanol–water partition coefficient (Wildman–Crippen LogP) is 3.62. The van der Waals surface area contributed by atoms with Crippen LogP contribution in [0.15, 0.2) is 36.4 Å². The minimum absolute atomic E-state index is 0.364. The molecular formula is C14H10ClNO5. The summed E-state index contributed by atoms with van der Waals surface area (Å²) in [7, 11) is 1.45. The summed E-state index contributed by atoms with van der Waals surface area (Å²) in [6, 6.07) is 8.74. The summed E-state index contributed by atoms with van der Waals surface area (Å²) < 4.78 is 5.19. The molecule has 0 bridgehead atoms. The highest BCUT2D eigenvalue weighted by Crippen LogP contribution is 2.35. The Kier molecular flexibility index (Phi) is 4.09. The zero-order valence-corrected chi connectivity index (χ0v) is 11.6. The summed E-state index contributed by atoms with van der Waals surface area (Å²) in [6.45, 7) is 0. The number of rotatable bonds is 4. The molecule has 0 saturated heterocycles. The molecule has 0 amide bonds. The number of hydrogen-bond acceptors (Lipinski definition) is 4. The number of ether oxygens (including phenoxy) is 1. The van der Waals surface area contributed by atoms with E-state index in [0.717, 1.165) is 0 Å². The maximum absolute atomic E-state index is 11.0. The van der Waals surface area contributed by atoms with Crippen molar-refractivity contribution in [3.05, 3.63) is 57.1 Å². The van der Waals surface area contributed by atoms with E-state index in [-0.39, 0.29) is 5.56 Å². The Hall–Kier alpha value is -2.60. The average Bonchev–Trinajstić information content (AvgIpc) is 2.46. The topological polar surface area (TPSA) is 89.7 Å². The molecule has 0 aliphatic heterocycles. The van der Waals surface area contributed by atoms with Crippen molar-refractivity contribution in [2.24, 2.45) is 0 Å². The van der Waals surface area contributed by atoms with Gasteiger partial charge in [0.05, 0.1) is 12.0 Å². The number of methoxy groups -OCH3 is 1. The third-order valence-corrected chi connectivity index (χ3v) is 3.13. The van der Waals surface area contributed by atoms with E-state index in [4.69, 9.17) is 21.4 Å². The molecule has 0 aliphatic carbocycles. The predicted molar refractivity (Wildman–Crippen MR) is 77.1 cm³/mol. The summed E-state index contributed by atoms with van der Waals surface area (Å²) in [5.41, 5.74) is 0.218. The Morgan fingerprint density at radius 3 is 2.57 bits per heavy atom. The third kappa shape index (κ3) is 2.95. The van der Waals surface area contributed by atoms with Crippen molar-refractivity contribution in [2.75, 3.05) is 7.11 Å². The fourth-order valence-electron chi connectivity index (χ4n) is 1.93. The first-order chi connectivity index (χ1) is 9.93. The van der Waals surface area contributed by atoms with Gasteiger partial charge in [0, 0.05) is 16.7 Å². The van der Waals surface area contributed by atoms with Crippen molar-refractivity contribution in [1.29, 1.82) is 0 Å². The molecule has 2 aromatic rings. The molecular weight excluding hydrogens is 298 g/mol. The van der Waals surface area contributed by atoms with E-state index in [2.05, 4.69) is 0 Å². The van der Waals surface area contributed by atoms with Crippen LogP contribution in [-0.2, 0) is 0 Å². The van der Waals surface area contributed by atoms with Gasteiger partial charge in [-0.05, 0) is 29.8 Å². The number of aromatic carboxylic acids is 1. The van der Waals surface area contributed by atoms with Crippen molar-refractivity contribution in [3.8, 4) is 16.9 Å². The van der Waals surface area contributed by atoms with Crippen LogP contribution in [0.3, 0.4) is 0 Å². The lowest BCUT2D eigenvalue weighted by Gasteiger charge is -2.09. The van der Waals surface area contributed by atoms with Gasteiger partial charge in [-0.3, -0.25) is 10.1 Å². The first-order valence-corrected chi connectivity index (χ1v) is 6.17. The lowest BCUT2D eigenvalue weighted by atomic mass is 10.0. The molecule has 2 aromatic carbocycles. The molecule has 0 spiro atoms. The van der Waals surface area contributed by atoms with Crippen LogP contribution >= 0.6 is 11.6 Å². The number of nitro groups is 1. The van der Waals surface area contributed by atoms with Crippen LogP contribution in [0, 0.1) is 10.1 Å². The van der Waals surface area contributed by atoms with Crippen LogP contribution in [0.4, 0.5) is 5.69 Å². The second-order valence-corrected chi connectivity index (χ2v) is 4.58. The fourth-order valence-corrected chi connectivity index (χ4v) is 2.10. The summed E-state index contributed by atoms with van der Waals surface area (Å²) in [5.74, 6) is -0.906. The number of carboxylic acids is 1. The quantitative estimate of drug-likeness (QED) is 0.688. The summed E-state index contributed by atoms with van der Waals surface area (Å²) in [4.78, 5) is 21.3. The minimum atomic E-state index is -1.35. The molecule has 7 heteroatoms. The van der Waals surface area contributed by atoms with E-state index >= 15 is 0 Å². The van der Waals surface area contributed by atoms with Crippen molar-refractivity contribution >= 4 is 23.3 Å². The Balaban J connectivity index is 2.63. The van der Waals surface area contributed by atoms with Gasteiger partial charge in [-0.25, -0.2) is 4.79 Å². The highest BCUT2D eigenvalue weighted by molar-refractivity contribution is 6.30. The van der Waals surface area contributed by atoms with Crippen molar-refractivity contribution in [3.63, 3.8) is 0 Å². The van der Waals surface area contributed by atoms with Crippen LogP contribution in [0.1, 0.15) is 10.4 Å². The van der Waals surface area contributed by atoms with Crippen molar-refractivity contribution in [1.82, 2.24) is 0 Å². The van der Waals surface area contributed by atoms with Gasteiger partial charge in [0.1, 0.15) is 11.3 Å². The van der Waals surface area contributed by atoms with Crippen LogP contribution < -0.4 is 4.74 Å². The minimum Gasteiger partial charge on any atom is -0.496 e. The molecule has 0 unspecified atom stereocenters. The molecule has 1 N–H and O–H groups in total. The highest BCUT2D eigenvalue weighted by atomic mass is 35.5. The van der Waals surface area contributed by atoms with E-state index in [1.807, 2.05) is 0 Å². The van der Waals surface area contributed by atoms with Gasteiger partial charge in [0.2, 0.25) is 0 Å². The molecule has 6 nitrogen and oxygen atoms in total. The van der Waals surface area contributed by atoms with E-state index in [1.54, 1.807) is 18.2 Å². The fraction of sp³-hybridized carbons (Fsp3) is 0.0714. The zero-order valence-electron chi connectivity index (χ0n) is 10.9. The number of carboxylic acid groups (broad SMARTS) is 1. The van der Waals surface area contributed by atoms with Gasteiger partial charge in [-0.1, -0.05) is 17.7 Å². The number of nitro benzene ring substituents is 1. The van der Waals surface area contributed by atoms with Crippen LogP contribution in [0.5, 0.6) is 5.75 Å². The summed E-state index contributed by atoms with van der Waals surface area (Å²) in [6.07, 6.45) is 0. The molecule has 2 rings (SSSR count). The molecule has 0 heterocycles. The average molecular weight is 308 g/mol. The normalized spacial score (nSPS) is 10.2. The Bertz CT molecular complexity index is 729. The SMILES string of the molecule is COc1cc(Cl)ccc1-c1ccc(C(=O)O)c([N+](=O)[O-])c1. The Labute approximate surface area is 124 Å². The lowest BCUT2D eigenvalue weighted by molar-refractivity contribution is -0.385. The molecule has 0 radical (unpaired) electrons. The zero-order chi connectivity index (χ0) is 15.6. The molecule has 0 saturated carbocycles. The van der Waals surface area contributed by atoms with Gasteiger partial charge in [0.25, 0.3) is 5.69 Å². The monoisotopic (exact) mass is 307 g/mol. The van der Waals surface area contributed by atoms with Crippen LogP contribution in [0.2, 0.25) is 5.02 Å². The maximum atomic E-state index is 11.0. The molecule has 0 aliphatic rings. The Morgan fingerprint density at radius 2 is 2.00 bits per heavy atom. The molecule has 0 atom stereocenters. The molecule has 0 aromatic heterocycles. The highest BCUT2D eigenvalue weighted by Gasteiger charge is 2.21. The second-order valence-electron chi connectivity index (χ2n) is 4.14.